The number of halogens is 3. The molecular weight excluding hydrogens is 387 g/mol. The van der Waals surface area contributed by atoms with Crippen molar-refractivity contribution >= 4 is 20.0 Å². The number of benzene rings is 1. The molecular formula is C20H26F3NO3Si. The molecule has 0 aromatic heterocycles. The lowest BCUT2D eigenvalue weighted by Crippen LogP contribution is -2.34. The van der Waals surface area contributed by atoms with Crippen LogP contribution in [-0.2, 0) is 15.5 Å². The van der Waals surface area contributed by atoms with E-state index in [4.69, 9.17) is 4.74 Å². The Kier molecular flexibility index (Phi) is 7.12. The van der Waals surface area contributed by atoms with Crippen molar-refractivity contribution in [3.8, 4) is 11.5 Å². The molecule has 0 unspecified atom stereocenters. The van der Waals surface area contributed by atoms with Crippen LogP contribution in [-0.4, -0.2) is 25.6 Å². The first-order chi connectivity index (χ1) is 12.5. The van der Waals surface area contributed by atoms with Crippen molar-refractivity contribution < 1.29 is 27.5 Å². The highest BCUT2D eigenvalue weighted by molar-refractivity contribution is 6.84. The SMILES string of the molecule is C[C@@H](NC(=O)OC(C)(C)C)c1cccc(C(F)(F)C(=O)C#C[Si](C)(C)C)c1F. The molecule has 0 heterocycles. The van der Waals surface area contributed by atoms with Crippen LogP contribution in [0.4, 0.5) is 18.0 Å². The summed E-state index contributed by atoms with van der Waals surface area (Å²) < 4.78 is 48.9. The molecule has 8 heteroatoms. The summed E-state index contributed by atoms with van der Waals surface area (Å²) >= 11 is 0. The fraction of sp³-hybridized carbons (Fsp3) is 0.500. The second-order valence-corrected chi connectivity index (χ2v) is 13.2. The van der Waals surface area contributed by atoms with Gasteiger partial charge < -0.3 is 10.1 Å². The van der Waals surface area contributed by atoms with Crippen LogP contribution < -0.4 is 5.32 Å². The molecule has 0 saturated heterocycles. The lowest BCUT2D eigenvalue weighted by atomic mass is 9.98. The van der Waals surface area contributed by atoms with E-state index >= 15 is 0 Å². The van der Waals surface area contributed by atoms with Crippen molar-refractivity contribution in [1.29, 1.82) is 0 Å². The molecule has 28 heavy (non-hydrogen) atoms. The number of alkyl carbamates (subject to hydrolysis) is 1. The molecule has 1 aromatic carbocycles. The number of Topliss-reactive ketones (excluding diaryl/α,β-unsaturated/α-hetero) is 1. The maximum atomic E-state index is 14.8. The zero-order valence-corrected chi connectivity index (χ0v) is 18.2. The minimum atomic E-state index is -4.10. The predicted octanol–water partition coefficient (Wildman–Crippen LogP) is 4.95. The van der Waals surface area contributed by atoms with Crippen LogP contribution in [0.15, 0.2) is 18.2 Å². The van der Waals surface area contributed by atoms with Crippen molar-refractivity contribution in [2.24, 2.45) is 0 Å². The summed E-state index contributed by atoms with van der Waals surface area (Å²) in [7, 11) is -2.05. The summed E-state index contributed by atoms with van der Waals surface area (Å²) in [5, 5.41) is 2.39. The summed E-state index contributed by atoms with van der Waals surface area (Å²) in [6.07, 6.45) is -0.811. The van der Waals surface area contributed by atoms with Gasteiger partial charge in [0, 0.05) is 5.56 Å². The van der Waals surface area contributed by atoms with E-state index in [0.29, 0.717) is 0 Å². The highest BCUT2D eigenvalue weighted by atomic mass is 28.3. The van der Waals surface area contributed by atoms with Crippen LogP contribution in [0.5, 0.6) is 0 Å². The Bertz CT molecular complexity index is 815. The number of nitrogens with one attached hydrogen (secondary N) is 1. The van der Waals surface area contributed by atoms with E-state index in [0.717, 1.165) is 6.07 Å². The Morgan fingerprint density at radius 3 is 2.25 bits per heavy atom. The van der Waals surface area contributed by atoms with Crippen LogP contribution >= 0.6 is 0 Å². The van der Waals surface area contributed by atoms with Crippen molar-refractivity contribution in [1.82, 2.24) is 5.32 Å². The average molecular weight is 414 g/mol. The number of hydrogen-bond acceptors (Lipinski definition) is 3. The van der Waals surface area contributed by atoms with Gasteiger partial charge in [0.25, 0.3) is 5.78 Å². The van der Waals surface area contributed by atoms with Gasteiger partial charge in [-0.1, -0.05) is 31.8 Å². The summed E-state index contributed by atoms with van der Waals surface area (Å²) in [6, 6.07) is 2.35. The largest absolute Gasteiger partial charge is 0.444 e. The van der Waals surface area contributed by atoms with Gasteiger partial charge in [0.15, 0.2) is 0 Å². The quantitative estimate of drug-likeness (QED) is 0.561. The predicted molar refractivity (Wildman–Crippen MR) is 104 cm³/mol. The second kappa shape index (κ2) is 8.39. The van der Waals surface area contributed by atoms with Crippen molar-refractivity contribution in [2.75, 3.05) is 0 Å². The highest BCUT2D eigenvalue weighted by Gasteiger charge is 2.43. The second-order valence-electron chi connectivity index (χ2n) is 8.48. The number of amides is 1. The first kappa shape index (κ1) is 23.8. The third-order valence-corrected chi connectivity index (χ3v) is 4.28. The van der Waals surface area contributed by atoms with E-state index in [1.165, 1.54) is 19.1 Å². The molecule has 0 spiro atoms. The monoisotopic (exact) mass is 413 g/mol. The van der Waals surface area contributed by atoms with E-state index < -0.39 is 48.9 Å². The lowest BCUT2D eigenvalue weighted by molar-refractivity contribution is -0.138. The van der Waals surface area contributed by atoms with Crippen molar-refractivity contribution in [3.63, 3.8) is 0 Å². The lowest BCUT2D eigenvalue weighted by Gasteiger charge is -2.23. The summed E-state index contributed by atoms with van der Waals surface area (Å²) in [4.78, 5) is 23.8. The molecule has 4 nitrogen and oxygen atoms in total. The number of carbonyl (C=O) groups is 2. The van der Waals surface area contributed by atoms with Crippen LogP contribution in [0.1, 0.15) is 44.9 Å². The third-order valence-electron chi connectivity index (χ3n) is 3.40. The standard InChI is InChI=1S/C20H26F3NO3Si/c1-13(24-18(26)27-19(2,3)4)14-9-8-10-15(17(14)21)20(22,23)16(25)11-12-28(5,6)7/h8-10,13H,1-7H3,(H,24,26)/t13-/m1/s1. The van der Waals surface area contributed by atoms with Gasteiger partial charge in [0.2, 0.25) is 0 Å². The maximum absolute atomic E-state index is 14.8. The molecule has 1 N–H and O–H groups in total. The molecule has 0 aliphatic heterocycles. The number of carbonyl (C=O) groups excluding carboxylic acids is 2. The molecule has 1 aromatic rings. The van der Waals surface area contributed by atoms with Crippen LogP contribution in [0.2, 0.25) is 19.6 Å². The van der Waals surface area contributed by atoms with E-state index in [9.17, 15) is 22.8 Å². The van der Waals surface area contributed by atoms with Gasteiger partial charge in [0.05, 0.1) is 11.6 Å². The fourth-order valence-corrected chi connectivity index (χ4v) is 2.62. The van der Waals surface area contributed by atoms with Gasteiger partial charge in [-0.05, 0) is 39.7 Å². The number of hydrogen-bond donors (Lipinski definition) is 1. The Balaban J connectivity index is 3.16. The minimum absolute atomic E-state index is 0.186. The van der Waals surface area contributed by atoms with Gasteiger partial charge in [-0.15, -0.1) is 5.54 Å². The summed E-state index contributed by atoms with van der Waals surface area (Å²) in [5.74, 6) is -5.06. The van der Waals surface area contributed by atoms with Crippen LogP contribution in [0.25, 0.3) is 0 Å². The Morgan fingerprint density at radius 2 is 1.75 bits per heavy atom. The fourth-order valence-electron chi connectivity index (χ4n) is 2.13. The van der Waals surface area contributed by atoms with E-state index in [2.05, 4.69) is 10.9 Å². The van der Waals surface area contributed by atoms with Gasteiger partial charge in [-0.3, -0.25) is 4.79 Å². The molecule has 154 valence electrons. The minimum Gasteiger partial charge on any atom is -0.444 e. The van der Waals surface area contributed by atoms with Crippen LogP contribution in [0.3, 0.4) is 0 Å². The van der Waals surface area contributed by atoms with E-state index in [1.54, 1.807) is 40.4 Å². The number of rotatable bonds is 4. The Morgan fingerprint density at radius 1 is 1.18 bits per heavy atom. The van der Waals surface area contributed by atoms with Crippen LogP contribution in [0, 0.1) is 17.3 Å². The normalized spacial score (nSPS) is 13.2. The molecule has 0 bridgehead atoms. The first-order valence-electron chi connectivity index (χ1n) is 8.78. The van der Waals surface area contributed by atoms with Gasteiger partial charge in [-0.2, -0.15) is 8.78 Å². The third kappa shape index (κ3) is 6.71. The zero-order valence-electron chi connectivity index (χ0n) is 17.2. The maximum Gasteiger partial charge on any atom is 0.408 e. The van der Waals surface area contributed by atoms with E-state index in [-0.39, 0.29) is 5.56 Å². The van der Waals surface area contributed by atoms with Crippen molar-refractivity contribution in [2.45, 2.75) is 64.9 Å². The summed E-state index contributed by atoms with van der Waals surface area (Å²) in [6.45, 7) is 11.8. The number of alkyl halides is 2. The molecule has 0 fully saturated rings. The molecule has 0 aliphatic rings. The molecule has 0 radical (unpaired) electrons. The Labute approximate surface area is 164 Å². The zero-order chi connectivity index (χ0) is 21.9. The topological polar surface area (TPSA) is 55.4 Å². The first-order valence-corrected chi connectivity index (χ1v) is 12.3. The van der Waals surface area contributed by atoms with Crippen molar-refractivity contribution in [3.05, 3.63) is 35.1 Å². The molecule has 1 atom stereocenters. The Hall–Kier alpha value is -2.27. The van der Waals surface area contributed by atoms with Gasteiger partial charge in [-0.25, -0.2) is 9.18 Å². The molecule has 1 amide bonds. The average Bonchev–Trinajstić information content (AvgIpc) is 2.49. The smallest absolute Gasteiger partial charge is 0.408 e. The number of ether oxygens (including phenoxy) is 1. The van der Waals surface area contributed by atoms with Gasteiger partial charge >= 0.3 is 12.0 Å². The molecule has 0 aliphatic carbocycles. The van der Waals surface area contributed by atoms with Gasteiger partial charge in [0.1, 0.15) is 19.5 Å². The van der Waals surface area contributed by atoms with E-state index in [1.807, 2.05) is 5.92 Å². The summed E-state index contributed by atoms with van der Waals surface area (Å²) in [5.41, 5.74) is 0.543. The highest BCUT2D eigenvalue weighted by Crippen LogP contribution is 2.33. The molecule has 0 saturated carbocycles. The molecule has 1 rings (SSSR count). The number of ketones is 1.